The molecule has 2 heterocycles. The molecular formula is C24H24N2O4. The fourth-order valence-electron chi connectivity index (χ4n) is 3.91. The first-order valence-electron chi connectivity index (χ1n) is 10.4. The average Bonchev–Trinajstić information content (AvgIpc) is 3.25. The van der Waals surface area contributed by atoms with Crippen molar-refractivity contribution in [2.24, 2.45) is 0 Å². The van der Waals surface area contributed by atoms with Gasteiger partial charge < -0.3 is 4.74 Å². The van der Waals surface area contributed by atoms with Gasteiger partial charge in [0.1, 0.15) is 5.82 Å². The van der Waals surface area contributed by atoms with E-state index in [4.69, 9.17) is 4.74 Å². The Kier molecular flexibility index (Phi) is 5.48. The Bertz CT molecular complexity index is 1210. The topological polar surface area (TPSA) is 78.3 Å². The molecule has 0 spiro atoms. The summed E-state index contributed by atoms with van der Waals surface area (Å²) in [6, 6.07) is 10.6. The molecule has 4 rings (SSSR count). The SMILES string of the molecule is CCc1ccc(CC)c(C(=O)COC(=O)c2ccc3c(=O)n4c(nc3c2)CCC4)c1. The van der Waals surface area contributed by atoms with E-state index in [9.17, 15) is 14.4 Å². The molecule has 6 nitrogen and oxygen atoms in total. The van der Waals surface area contributed by atoms with E-state index in [0.717, 1.165) is 42.6 Å². The summed E-state index contributed by atoms with van der Waals surface area (Å²) >= 11 is 0. The zero-order chi connectivity index (χ0) is 21.3. The van der Waals surface area contributed by atoms with Gasteiger partial charge in [-0.1, -0.05) is 26.0 Å². The normalized spacial score (nSPS) is 12.7. The number of nitrogens with zero attached hydrogens (tertiary/aromatic N) is 2. The van der Waals surface area contributed by atoms with Gasteiger partial charge in [-0.05, 0) is 54.7 Å². The third-order valence-corrected chi connectivity index (χ3v) is 5.65. The van der Waals surface area contributed by atoms with Gasteiger partial charge in [0.05, 0.1) is 16.5 Å². The van der Waals surface area contributed by atoms with Crippen LogP contribution in [0.4, 0.5) is 0 Å². The van der Waals surface area contributed by atoms with Crippen LogP contribution in [-0.2, 0) is 30.5 Å². The largest absolute Gasteiger partial charge is 0.454 e. The summed E-state index contributed by atoms with van der Waals surface area (Å²) in [5.74, 6) is -0.0704. The van der Waals surface area contributed by atoms with Gasteiger partial charge in [0.2, 0.25) is 5.78 Å². The van der Waals surface area contributed by atoms with Crippen molar-refractivity contribution in [1.82, 2.24) is 9.55 Å². The molecule has 0 radical (unpaired) electrons. The number of fused-ring (bicyclic) bond motifs is 2. The van der Waals surface area contributed by atoms with Crippen LogP contribution in [0.1, 0.15) is 57.9 Å². The molecule has 0 saturated carbocycles. The van der Waals surface area contributed by atoms with Crippen molar-refractivity contribution in [1.29, 1.82) is 0 Å². The van der Waals surface area contributed by atoms with E-state index in [1.807, 2.05) is 32.0 Å². The molecule has 2 aromatic carbocycles. The van der Waals surface area contributed by atoms with E-state index < -0.39 is 5.97 Å². The summed E-state index contributed by atoms with van der Waals surface area (Å²) in [6.07, 6.45) is 3.21. The van der Waals surface area contributed by atoms with Crippen molar-refractivity contribution in [3.05, 3.63) is 74.8 Å². The predicted molar refractivity (Wildman–Crippen MR) is 114 cm³/mol. The highest BCUT2D eigenvalue weighted by Gasteiger charge is 2.19. The summed E-state index contributed by atoms with van der Waals surface area (Å²) < 4.78 is 6.98. The molecule has 30 heavy (non-hydrogen) atoms. The fourth-order valence-corrected chi connectivity index (χ4v) is 3.91. The van der Waals surface area contributed by atoms with Crippen molar-refractivity contribution in [2.45, 2.75) is 46.1 Å². The summed E-state index contributed by atoms with van der Waals surface area (Å²) in [6.45, 7) is 4.38. The second kappa shape index (κ2) is 8.22. The highest BCUT2D eigenvalue weighted by atomic mass is 16.5. The lowest BCUT2D eigenvalue weighted by Crippen LogP contribution is -2.21. The lowest BCUT2D eigenvalue weighted by Gasteiger charge is -2.10. The van der Waals surface area contributed by atoms with E-state index in [1.54, 1.807) is 22.8 Å². The van der Waals surface area contributed by atoms with Crippen LogP contribution in [0, 0.1) is 0 Å². The lowest BCUT2D eigenvalue weighted by atomic mass is 9.98. The number of benzene rings is 2. The van der Waals surface area contributed by atoms with Gasteiger partial charge in [-0.3, -0.25) is 14.2 Å². The Labute approximate surface area is 174 Å². The number of hydrogen-bond donors (Lipinski definition) is 0. The molecule has 154 valence electrons. The van der Waals surface area contributed by atoms with Crippen LogP contribution in [0.3, 0.4) is 0 Å². The molecule has 0 amide bonds. The minimum atomic E-state index is -0.600. The minimum Gasteiger partial charge on any atom is -0.454 e. The quantitative estimate of drug-likeness (QED) is 0.464. The maximum Gasteiger partial charge on any atom is 0.338 e. The number of Topliss-reactive ketones (excluding diaryl/α,β-unsaturated/α-hetero) is 1. The molecule has 0 N–H and O–H groups in total. The number of carbonyl (C=O) groups is 2. The van der Waals surface area contributed by atoms with Gasteiger partial charge in [-0.25, -0.2) is 9.78 Å². The number of hydrogen-bond acceptors (Lipinski definition) is 5. The standard InChI is InChI=1S/C24H24N2O4/c1-3-15-7-8-16(4-2)19(12-15)21(27)14-30-24(29)17-9-10-18-20(13-17)25-22-6-5-11-26(22)23(18)28/h7-10,12-13H,3-6,11,14H2,1-2H3. The van der Waals surface area contributed by atoms with Crippen LogP contribution in [0.25, 0.3) is 10.9 Å². The molecule has 1 aromatic heterocycles. The minimum absolute atomic E-state index is 0.0782. The van der Waals surface area contributed by atoms with Crippen LogP contribution in [0.5, 0.6) is 0 Å². The highest BCUT2D eigenvalue weighted by Crippen LogP contribution is 2.18. The molecular weight excluding hydrogens is 380 g/mol. The van der Waals surface area contributed by atoms with Gasteiger partial charge in [0, 0.05) is 18.5 Å². The van der Waals surface area contributed by atoms with Crippen molar-refractivity contribution in [3.8, 4) is 0 Å². The van der Waals surface area contributed by atoms with E-state index in [2.05, 4.69) is 4.98 Å². The molecule has 0 atom stereocenters. The average molecular weight is 404 g/mol. The number of aromatic nitrogens is 2. The van der Waals surface area contributed by atoms with Gasteiger partial charge in [0.25, 0.3) is 5.56 Å². The summed E-state index contributed by atoms with van der Waals surface area (Å²) in [5.41, 5.74) is 3.30. The van der Waals surface area contributed by atoms with E-state index in [1.165, 1.54) is 0 Å². The van der Waals surface area contributed by atoms with Crippen LogP contribution < -0.4 is 5.56 Å². The third-order valence-electron chi connectivity index (χ3n) is 5.65. The second-order valence-electron chi connectivity index (χ2n) is 7.52. The maximum atomic E-state index is 12.7. The molecule has 0 bridgehead atoms. The predicted octanol–water partition coefficient (Wildman–Crippen LogP) is 3.51. The second-order valence-corrected chi connectivity index (χ2v) is 7.52. The van der Waals surface area contributed by atoms with Crippen molar-refractivity contribution in [3.63, 3.8) is 0 Å². The summed E-state index contributed by atoms with van der Waals surface area (Å²) in [5, 5.41) is 0.484. The molecule has 3 aromatic rings. The van der Waals surface area contributed by atoms with Crippen molar-refractivity contribution < 1.29 is 14.3 Å². The number of esters is 1. The Morgan fingerprint density at radius 1 is 1.10 bits per heavy atom. The number of aryl methyl sites for hydroxylation is 3. The van der Waals surface area contributed by atoms with Gasteiger partial charge in [-0.2, -0.15) is 0 Å². The van der Waals surface area contributed by atoms with Crippen molar-refractivity contribution in [2.75, 3.05) is 6.61 Å². The van der Waals surface area contributed by atoms with Crippen LogP contribution in [0.15, 0.2) is 41.2 Å². The van der Waals surface area contributed by atoms with Crippen LogP contribution >= 0.6 is 0 Å². The van der Waals surface area contributed by atoms with E-state index in [-0.39, 0.29) is 23.5 Å². The van der Waals surface area contributed by atoms with Crippen LogP contribution in [0.2, 0.25) is 0 Å². The molecule has 0 fully saturated rings. The molecule has 6 heteroatoms. The lowest BCUT2D eigenvalue weighted by molar-refractivity contribution is 0.0474. The maximum absolute atomic E-state index is 12.7. The van der Waals surface area contributed by atoms with Crippen LogP contribution in [-0.4, -0.2) is 27.9 Å². The Morgan fingerprint density at radius 2 is 1.93 bits per heavy atom. The zero-order valence-electron chi connectivity index (χ0n) is 17.2. The van der Waals surface area contributed by atoms with Crippen molar-refractivity contribution >= 4 is 22.7 Å². The first-order chi connectivity index (χ1) is 14.5. The molecule has 0 unspecified atom stereocenters. The first-order valence-corrected chi connectivity index (χ1v) is 10.4. The molecule has 1 aliphatic rings. The monoisotopic (exact) mass is 404 g/mol. The smallest absolute Gasteiger partial charge is 0.338 e. The molecule has 0 saturated heterocycles. The Morgan fingerprint density at radius 3 is 2.70 bits per heavy atom. The van der Waals surface area contributed by atoms with Gasteiger partial charge >= 0.3 is 5.97 Å². The molecule has 0 aliphatic carbocycles. The Hall–Kier alpha value is -3.28. The number of rotatable bonds is 6. The summed E-state index contributed by atoms with van der Waals surface area (Å²) in [4.78, 5) is 42.3. The van der Waals surface area contributed by atoms with Gasteiger partial charge in [-0.15, -0.1) is 0 Å². The van der Waals surface area contributed by atoms with E-state index >= 15 is 0 Å². The number of carbonyl (C=O) groups excluding carboxylic acids is 2. The zero-order valence-corrected chi connectivity index (χ0v) is 17.2. The first kappa shape index (κ1) is 20.0. The Balaban J connectivity index is 1.53. The third kappa shape index (κ3) is 3.65. The highest BCUT2D eigenvalue weighted by molar-refractivity contribution is 6.01. The molecule has 1 aliphatic heterocycles. The number of ether oxygens (including phenoxy) is 1. The summed E-state index contributed by atoms with van der Waals surface area (Å²) in [7, 11) is 0. The number of ketones is 1. The fraction of sp³-hybridized carbons (Fsp3) is 0.333. The van der Waals surface area contributed by atoms with Gasteiger partial charge in [0.15, 0.2) is 6.61 Å². The van der Waals surface area contributed by atoms with E-state index in [0.29, 0.717) is 23.0 Å².